The van der Waals surface area contributed by atoms with Crippen LogP contribution in [0.25, 0.3) is 0 Å². The molecule has 4 heteroatoms. The van der Waals surface area contributed by atoms with Crippen molar-refractivity contribution in [1.29, 1.82) is 5.26 Å². The molecule has 0 saturated heterocycles. The van der Waals surface area contributed by atoms with Gasteiger partial charge in [-0.15, -0.1) is 0 Å². The zero-order valence-electron chi connectivity index (χ0n) is 11.9. The molecule has 0 saturated carbocycles. The van der Waals surface area contributed by atoms with E-state index in [1.54, 1.807) is 0 Å². The van der Waals surface area contributed by atoms with Crippen molar-refractivity contribution in [3.63, 3.8) is 0 Å². The fourth-order valence-electron chi connectivity index (χ4n) is 2.39. The molecule has 1 atom stereocenters. The normalized spacial score (nSPS) is 15.5. The number of rotatable bonds is 4. The van der Waals surface area contributed by atoms with Crippen molar-refractivity contribution in [3.05, 3.63) is 54.1 Å². The summed E-state index contributed by atoms with van der Waals surface area (Å²) in [6.45, 7) is 0.736. The Labute approximate surface area is 124 Å². The third-order valence-corrected chi connectivity index (χ3v) is 3.61. The molecule has 1 unspecified atom stereocenters. The van der Waals surface area contributed by atoms with E-state index in [1.165, 1.54) is 0 Å². The van der Waals surface area contributed by atoms with Crippen LogP contribution in [0.3, 0.4) is 0 Å². The molecule has 0 fully saturated rings. The maximum Gasteiger partial charge on any atom is 0.196 e. The van der Waals surface area contributed by atoms with Gasteiger partial charge in [0.2, 0.25) is 0 Å². The van der Waals surface area contributed by atoms with E-state index in [-0.39, 0.29) is 6.23 Å². The number of nitrogens with one attached hydrogen (secondary N) is 1. The molecule has 21 heavy (non-hydrogen) atoms. The van der Waals surface area contributed by atoms with Crippen LogP contribution in [0.4, 0.5) is 11.4 Å². The second-order valence-electron chi connectivity index (χ2n) is 5.06. The topological polar surface area (TPSA) is 48.3 Å². The van der Waals surface area contributed by atoms with Gasteiger partial charge in [-0.1, -0.05) is 24.3 Å². The molecule has 0 radical (unpaired) electrons. The molecule has 1 heterocycles. The van der Waals surface area contributed by atoms with Crippen LogP contribution in [0.15, 0.2) is 48.5 Å². The monoisotopic (exact) mass is 279 g/mol. The largest absolute Gasteiger partial charge is 0.464 e. The SMILES string of the molecule is CN(CCC#N)c1ccc(C2Nc3ccccc3O2)cc1. The summed E-state index contributed by atoms with van der Waals surface area (Å²) < 4.78 is 5.89. The van der Waals surface area contributed by atoms with E-state index in [0.29, 0.717) is 6.42 Å². The Morgan fingerprint density at radius 1 is 1.19 bits per heavy atom. The zero-order chi connectivity index (χ0) is 14.7. The van der Waals surface area contributed by atoms with E-state index < -0.39 is 0 Å². The Balaban J connectivity index is 1.70. The summed E-state index contributed by atoms with van der Waals surface area (Å²) in [5, 5.41) is 12.0. The first-order valence-electron chi connectivity index (χ1n) is 6.98. The van der Waals surface area contributed by atoms with Crippen LogP contribution in [-0.2, 0) is 0 Å². The maximum absolute atomic E-state index is 8.63. The lowest BCUT2D eigenvalue weighted by atomic mass is 10.1. The molecule has 2 aromatic rings. The van der Waals surface area contributed by atoms with E-state index >= 15 is 0 Å². The fraction of sp³-hybridized carbons (Fsp3) is 0.235. The van der Waals surface area contributed by atoms with E-state index in [1.807, 2.05) is 31.3 Å². The molecule has 2 aromatic carbocycles. The zero-order valence-corrected chi connectivity index (χ0v) is 11.9. The van der Waals surface area contributed by atoms with Crippen molar-refractivity contribution < 1.29 is 4.74 Å². The summed E-state index contributed by atoms with van der Waals surface area (Å²) >= 11 is 0. The molecule has 1 aliphatic heterocycles. The Morgan fingerprint density at radius 3 is 2.67 bits per heavy atom. The predicted octanol–water partition coefficient (Wildman–Crippen LogP) is 3.54. The van der Waals surface area contributed by atoms with Gasteiger partial charge in [0.15, 0.2) is 6.23 Å². The molecule has 0 aromatic heterocycles. The molecule has 3 rings (SSSR count). The van der Waals surface area contributed by atoms with Gasteiger partial charge in [-0.25, -0.2) is 0 Å². The molecule has 1 N–H and O–H groups in total. The first-order chi connectivity index (χ1) is 10.3. The van der Waals surface area contributed by atoms with Gasteiger partial charge >= 0.3 is 0 Å². The van der Waals surface area contributed by atoms with Gasteiger partial charge in [0.05, 0.1) is 18.2 Å². The fourth-order valence-corrected chi connectivity index (χ4v) is 2.39. The smallest absolute Gasteiger partial charge is 0.196 e. The summed E-state index contributed by atoms with van der Waals surface area (Å²) in [6.07, 6.45) is 0.391. The van der Waals surface area contributed by atoms with Gasteiger partial charge in [0, 0.05) is 24.8 Å². The Hall–Kier alpha value is -2.67. The number of nitrogens with zero attached hydrogens (tertiary/aromatic N) is 2. The number of nitriles is 1. The van der Waals surface area contributed by atoms with Crippen LogP contribution in [0.5, 0.6) is 5.75 Å². The second kappa shape index (κ2) is 5.76. The lowest BCUT2D eigenvalue weighted by Gasteiger charge is -2.19. The molecule has 0 spiro atoms. The van der Waals surface area contributed by atoms with E-state index in [0.717, 1.165) is 29.2 Å². The van der Waals surface area contributed by atoms with Gasteiger partial charge in [-0.3, -0.25) is 0 Å². The first-order valence-corrected chi connectivity index (χ1v) is 6.98. The van der Waals surface area contributed by atoms with Gasteiger partial charge < -0.3 is 15.0 Å². The van der Waals surface area contributed by atoms with Gasteiger partial charge in [0.25, 0.3) is 0 Å². The number of ether oxygens (including phenoxy) is 1. The van der Waals surface area contributed by atoms with Crippen LogP contribution in [0.1, 0.15) is 18.2 Å². The molecule has 0 aliphatic carbocycles. The minimum absolute atomic E-state index is 0.138. The molecule has 0 bridgehead atoms. The summed E-state index contributed by atoms with van der Waals surface area (Å²) in [5.41, 5.74) is 3.21. The Kier molecular flexibility index (Phi) is 3.65. The average molecular weight is 279 g/mol. The minimum Gasteiger partial charge on any atom is -0.464 e. The minimum atomic E-state index is -0.138. The number of hydrogen-bond donors (Lipinski definition) is 1. The summed E-state index contributed by atoms with van der Waals surface area (Å²) in [5.74, 6) is 0.887. The number of para-hydroxylation sites is 2. The van der Waals surface area contributed by atoms with Crippen LogP contribution in [0, 0.1) is 11.3 Å². The predicted molar refractivity (Wildman–Crippen MR) is 83.4 cm³/mol. The number of hydrogen-bond acceptors (Lipinski definition) is 4. The lowest BCUT2D eigenvalue weighted by molar-refractivity contribution is 0.260. The van der Waals surface area contributed by atoms with Gasteiger partial charge in [0.1, 0.15) is 5.75 Å². The Morgan fingerprint density at radius 2 is 1.95 bits per heavy atom. The third kappa shape index (κ3) is 2.77. The highest BCUT2D eigenvalue weighted by molar-refractivity contribution is 5.61. The van der Waals surface area contributed by atoms with Crippen molar-refractivity contribution >= 4 is 11.4 Å². The highest BCUT2D eigenvalue weighted by Gasteiger charge is 2.22. The van der Waals surface area contributed by atoms with Crippen molar-refractivity contribution in [2.45, 2.75) is 12.6 Å². The standard InChI is InChI=1S/C17H17N3O/c1-20(12-4-11-18)14-9-7-13(8-10-14)17-19-15-5-2-3-6-16(15)21-17/h2-3,5-10,17,19H,4,12H2,1H3. The van der Waals surface area contributed by atoms with Gasteiger partial charge in [-0.05, 0) is 24.3 Å². The molecule has 4 nitrogen and oxygen atoms in total. The van der Waals surface area contributed by atoms with E-state index in [4.69, 9.17) is 10.00 Å². The first kappa shape index (κ1) is 13.3. The third-order valence-electron chi connectivity index (χ3n) is 3.61. The summed E-state index contributed by atoms with van der Waals surface area (Å²) in [4.78, 5) is 2.07. The lowest BCUT2D eigenvalue weighted by Crippen LogP contribution is -2.18. The van der Waals surface area contributed by atoms with Crippen molar-refractivity contribution in [2.24, 2.45) is 0 Å². The van der Waals surface area contributed by atoms with E-state index in [2.05, 4.69) is 40.6 Å². The molecule has 0 amide bonds. The van der Waals surface area contributed by atoms with Crippen molar-refractivity contribution in [2.75, 3.05) is 23.8 Å². The number of fused-ring (bicyclic) bond motifs is 1. The summed E-state index contributed by atoms with van der Waals surface area (Å²) in [6, 6.07) is 18.3. The molecular weight excluding hydrogens is 262 g/mol. The van der Waals surface area contributed by atoms with Crippen LogP contribution < -0.4 is 15.0 Å². The highest BCUT2D eigenvalue weighted by atomic mass is 16.5. The van der Waals surface area contributed by atoms with Crippen LogP contribution >= 0.6 is 0 Å². The number of benzene rings is 2. The van der Waals surface area contributed by atoms with E-state index in [9.17, 15) is 0 Å². The molecule has 106 valence electrons. The average Bonchev–Trinajstić information content (AvgIpc) is 2.96. The Bertz CT molecular complexity index is 635. The molecule has 1 aliphatic rings. The highest BCUT2D eigenvalue weighted by Crippen LogP contribution is 2.37. The van der Waals surface area contributed by atoms with Gasteiger partial charge in [-0.2, -0.15) is 5.26 Å². The quantitative estimate of drug-likeness (QED) is 0.930. The van der Waals surface area contributed by atoms with Crippen LogP contribution in [0.2, 0.25) is 0 Å². The van der Waals surface area contributed by atoms with Crippen LogP contribution in [-0.4, -0.2) is 13.6 Å². The number of anilines is 2. The second-order valence-corrected chi connectivity index (χ2v) is 5.06. The summed E-state index contributed by atoms with van der Waals surface area (Å²) in [7, 11) is 1.99. The van der Waals surface area contributed by atoms with Crippen molar-refractivity contribution in [3.8, 4) is 11.8 Å². The maximum atomic E-state index is 8.63. The molecular formula is C17H17N3O. The van der Waals surface area contributed by atoms with Crippen molar-refractivity contribution in [1.82, 2.24) is 0 Å².